The average molecular weight is 405 g/mol. The summed E-state index contributed by atoms with van der Waals surface area (Å²) in [6.07, 6.45) is 1.43. The summed E-state index contributed by atoms with van der Waals surface area (Å²) in [7, 11) is 0. The molecule has 0 saturated heterocycles. The molecule has 0 atom stereocenters. The molecule has 0 aliphatic carbocycles. The highest BCUT2D eigenvalue weighted by molar-refractivity contribution is 9.10. The van der Waals surface area contributed by atoms with Gasteiger partial charge in [-0.05, 0) is 40.2 Å². The summed E-state index contributed by atoms with van der Waals surface area (Å²) < 4.78 is 0.556. The van der Waals surface area contributed by atoms with Crippen LogP contribution < -0.4 is 10.9 Å². The maximum atomic E-state index is 11.9. The van der Waals surface area contributed by atoms with Gasteiger partial charge in [-0.2, -0.15) is 0 Å². The molecule has 2 amide bonds. The third-order valence-corrected chi connectivity index (χ3v) is 3.51. The van der Waals surface area contributed by atoms with Gasteiger partial charge in [0.05, 0.1) is 11.1 Å². The van der Waals surface area contributed by atoms with Crippen LogP contribution in [0.5, 0.6) is 5.75 Å². The fraction of sp³-hybridized carbons (Fsp3) is 0. The Kier molecular flexibility index (Phi) is 5.23. The van der Waals surface area contributed by atoms with Crippen LogP contribution in [0.15, 0.2) is 34.9 Å². The van der Waals surface area contributed by atoms with Gasteiger partial charge in [0, 0.05) is 15.7 Å². The number of aromatic hydroxyl groups is 1. The van der Waals surface area contributed by atoms with E-state index in [1.54, 1.807) is 0 Å². The molecule has 2 rings (SSSR count). The van der Waals surface area contributed by atoms with E-state index in [9.17, 15) is 14.7 Å². The zero-order valence-electron chi connectivity index (χ0n) is 10.7. The fourth-order valence-electron chi connectivity index (χ4n) is 1.52. The van der Waals surface area contributed by atoms with E-state index in [4.69, 9.17) is 23.2 Å². The van der Waals surface area contributed by atoms with Crippen LogP contribution >= 0.6 is 39.1 Å². The monoisotopic (exact) mass is 403 g/mol. The second-order valence-electron chi connectivity index (χ2n) is 4.06. The number of phenolic OH excluding ortho intramolecular Hbond substituents is 1. The van der Waals surface area contributed by atoms with Crippen LogP contribution in [0.1, 0.15) is 20.7 Å². The Hall–Kier alpha value is -1.83. The third kappa shape index (κ3) is 3.88. The SMILES string of the molecule is O=C(NNC(=O)c1cc(Br)cnc1Cl)c1cc(Cl)ccc1O. The zero-order valence-corrected chi connectivity index (χ0v) is 13.8. The minimum absolute atomic E-state index is 0.0134. The lowest BCUT2D eigenvalue weighted by Crippen LogP contribution is -2.41. The molecule has 6 nitrogen and oxygen atoms in total. The highest BCUT2D eigenvalue weighted by Crippen LogP contribution is 2.21. The predicted molar refractivity (Wildman–Crippen MR) is 85.0 cm³/mol. The molecule has 22 heavy (non-hydrogen) atoms. The number of carbonyl (C=O) groups excluding carboxylic acids is 2. The van der Waals surface area contributed by atoms with Crippen molar-refractivity contribution in [3.63, 3.8) is 0 Å². The quantitative estimate of drug-likeness (QED) is 0.530. The number of hydrazine groups is 1. The molecule has 9 heteroatoms. The molecule has 3 N–H and O–H groups in total. The lowest BCUT2D eigenvalue weighted by molar-refractivity contribution is 0.0845. The Morgan fingerprint density at radius 2 is 1.73 bits per heavy atom. The number of amides is 2. The van der Waals surface area contributed by atoms with Crippen molar-refractivity contribution in [2.45, 2.75) is 0 Å². The van der Waals surface area contributed by atoms with Crippen LogP contribution in [0.25, 0.3) is 0 Å². The number of nitrogens with zero attached hydrogens (tertiary/aromatic N) is 1. The highest BCUT2D eigenvalue weighted by atomic mass is 79.9. The van der Waals surface area contributed by atoms with E-state index in [0.717, 1.165) is 0 Å². The van der Waals surface area contributed by atoms with E-state index < -0.39 is 11.8 Å². The van der Waals surface area contributed by atoms with E-state index in [1.807, 2.05) is 0 Å². The number of carbonyl (C=O) groups is 2. The van der Waals surface area contributed by atoms with Crippen LogP contribution in [0.2, 0.25) is 10.2 Å². The number of phenols is 1. The molecule has 0 aliphatic rings. The number of nitrogens with one attached hydrogen (secondary N) is 2. The fourth-order valence-corrected chi connectivity index (χ4v) is 2.21. The summed E-state index contributed by atoms with van der Waals surface area (Å²) in [6.45, 7) is 0. The minimum atomic E-state index is -0.729. The van der Waals surface area contributed by atoms with Gasteiger partial charge in [0.1, 0.15) is 10.9 Å². The predicted octanol–water partition coefficient (Wildman–Crippen LogP) is 2.93. The van der Waals surface area contributed by atoms with Crippen molar-refractivity contribution in [3.8, 4) is 5.75 Å². The first-order valence-electron chi connectivity index (χ1n) is 5.78. The molecular formula is C13H8BrCl2N3O3. The van der Waals surface area contributed by atoms with Gasteiger partial charge < -0.3 is 5.11 Å². The maximum Gasteiger partial charge on any atom is 0.273 e. The molecule has 0 radical (unpaired) electrons. The van der Waals surface area contributed by atoms with Crippen LogP contribution in [-0.4, -0.2) is 21.9 Å². The summed E-state index contributed by atoms with van der Waals surface area (Å²) in [4.78, 5) is 27.6. The van der Waals surface area contributed by atoms with Gasteiger partial charge in [0.25, 0.3) is 11.8 Å². The van der Waals surface area contributed by atoms with E-state index in [1.165, 1.54) is 30.5 Å². The Morgan fingerprint density at radius 3 is 2.41 bits per heavy atom. The van der Waals surface area contributed by atoms with Gasteiger partial charge in [0.2, 0.25) is 0 Å². The van der Waals surface area contributed by atoms with Crippen molar-refractivity contribution in [1.29, 1.82) is 0 Å². The second-order valence-corrected chi connectivity index (χ2v) is 5.77. The van der Waals surface area contributed by atoms with E-state index in [2.05, 4.69) is 31.8 Å². The number of benzene rings is 1. The molecule has 1 heterocycles. The number of hydrogen-bond acceptors (Lipinski definition) is 4. The van der Waals surface area contributed by atoms with Crippen LogP contribution in [-0.2, 0) is 0 Å². The van der Waals surface area contributed by atoms with Gasteiger partial charge in [-0.3, -0.25) is 20.4 Å². The van der Waals surface area contributed by atoms with E-state index >= 15 is 0 Å². The first kappa shape index (κ1) is 16.5. The molecule has 0 bridgehead atoms. The molecule has 0 aliphatic heterocycles. The zero-order chi connectivity index (χ0) is 16.3. The summed E-state index contributed by atoms with van der Waals surface area (Å²) in [5, 5.41) is 9.86. The Labute approximate surface area is 143 Å². The molecule has 1 aromatic carbocycles. The van der Waals surface area contributed by atoms with Gasteiger partial charge >= 0.3 is 0 Å². The van der Waals surface area contributed by atoms with E-state index in [-0.39, 0.29) is 27.1 Å². The largest absolute Gasteiger partial charge is 0.507 e. The first-order chi connectivity index (χ1) is 10.4. The normalized spacial score (nSPS) is 10.1. The number of rotatable bonds is 2. The maximum absolute atomic E-state index is 11.9. The molecule has 0 spiro atoms. The van der Waals surface area contributed by atoms with Crippen LogP contribution in [0.4, 0.5) is 0 Å². The summed E-state index contributed by atoms with van der Waals surface area (Å²) >= 11 is 14.7. The molecule has 0 saturated carbocycles. The smallest absolute Gasteiger partial charge is 0.273 e. The van der Waals surface area contributed by atoms with Crippen LogP contribution in [0, 0.1) is 0 Å². The number of pyridine rings is 1. The Bertz CT molecular complexity index is 692. The summed E-state index contributed by atoms with van der Waals surface area (Å²) in [5.41, 5.74) is 4.33. The van der Waals surface area contributed by atoms with Crippen molar-refractivity contribution in [2.75, 3.05) is 0 Å². The second kappa shape index (κ2) is 6.95. The number of aromatic nitrogens is 1. The standard InChI is InChI=1S/C13H8BrCl2N3O3/c14-6-3-9(11(16)17-5-6)13(22)19-18-12(21)8-4-7(15)1-2-10(8)20/h1-5,20H,(H,18,21)(H,19,22). The van der Waals surface area contributed by atoms with Crippen molar-refractivity contribution in [2.24, 2.45) is 0 Å². The molecule has 0 fully saturated rings. The summed E-state index contributed by atoms with van der Waals surface area (Å²) in [5.74, 6) is -1.65. The van der Waals surface area contributed by atoms with Gasteiger partial charge in [0.15, 0.2) is 0 Å². The minimum Gasteiger partial charge on any atom is -0.507 e. The van der Waals surface area contributed by atoms with Crippen molar-refractivity contribution in [1.82, 2.24) is 15.8 Å². The third-order valence-electron chi connectivity index (χ3n) is 2.54. The molecule has 2 aromatic rings. The van der Waals surface area contributed by atoms with Gasteiger partial charge in [-0.25, -0.2) is 4.98 Å². The van der Waals surface area contributed by atoms with Crippen molar-refractivity contribution < 1.29 is 14.7 Å². The molecule has 114 valence electrons. The lowest BCUT2D eigenvalue weighted by atomic mass is 10.2. The van der Waals surface area contributed by atoms with Crippen molar-refractivity contribution >= 4 is 50.9 Å². The molecular weight excluding hydrogens is 397 g/mol. The van der Waals surface area contributed by atoms with Crippen molar-refractivity contribution in [3.05, 3.63) is 56.2 Å². The topological polar surface area (TPSA) is 91.3 Å². The number of hydrogen-bond donors (Lipinski definition) is 3. The lowest BCUT2D eigenvalue weighted by Gasteiger charge is -2.09. The molecule has 1 aromatic heterocycles. The number of halogens is 3. The highest BCUT2D eigenvalue weighted by Gasteiger charge is 2.15. The summed E-state index contributed by atoms with van der Waals surface area (Å²) in [6, 6.07) is 5.42. The Morgan fingerprint density at radius 1 is 1.09 bits per heavy atom. The van der Waals surface area contributed by atoms with E-state index in [0.29, 0.717) is 4.47 Å². The molecule has 0 unspecified atom stereocenters. The first-order valence-corrected chi connectivity index (χ1v) is 7.33. The van der Waals surface area contributed by atoms with Gasteiger partial charge in [-0.15, -0.1) is 0 Å². The van der Waals surface area contributed by atoms with Gasteiger partial charge in [-0.1, -0.05) is 23.2 Å². The Balaban J connectivity index is 2.09. The van der Waals surface area contributed by atoms with Crippen LogP contribution in [0.3, 0.4) is 0 Å². The average Bonchev–Trinajstić information content (AvgIpc) is 2.49.